The zero-order chi connectivity index (χ0) is 13.7. The molecule has 2 N–H and O–H groups in total. The number of halogens is 1. The molecule has 0 unspecified atom stereocenters. The van der Waals surface area contributed by atoms with Gasteiger partial charge >= 0.3 is 0 Å². The van der Waals surface area contributed by atoms with Crippen LogP contribution < -0.4 is 10.6 Å². The van der Waals surface area contributed by atoms with Crippen molar-refractivity contribution in [3.05, 3.63) is 39.6 Å². The standard InChI is InChI=1S/C13H12IN5/c1-2-16-12-11(14)8-17-13(19-12)18-10-5-3-9(7-15)4-6-10/h3-6,8H,2H2,1H3,(H2,16,17,18,19). The summed E-state index contributed by atoms with van der Waals surface area (Å²) in [5.41, 5.74) is 1.48. The maximum atomic E-state index is 8.74. The average molecular weight is 365 g/mol. The van der Waals surface area contributed by atoms with Gasteiger partial charge in [-0.3, -0.25) is 0 Å². The second-order valence-electron chi connectivity index (χ2n) is 3.73. The summed E-state index contributed by atoms with van der Waals surface area (Å²) in [5.74, 6) is 1.34. The number of benzene rings is 1. The van der Waals surface area contributed by atoms with Crippen molar-refractivity contribution < 1.29 is 0 Å². The highest BCUT2D eigenvalue weighted by atomic mass is 127. The van der Waals surface area contributed by atoms with Gasteiger partial charge in [0.2, 0.25) is 5.95 Å². The predicted molar refractivity (Wildman–Crippen MR) is 83.4 cm³/mol. The van der Waals surface area contributed by atoms with Crippen LogP contribution in [0, 0.1) is 14.9 Å². The molecule has 96 valence electrons. The molecule has 0 aliphatic rings. The number of hydrogen-bond acceptors (Lipinski definition) is 5. The first-order chi connectivity index (χ1) is 9.22. The molecule has 0 saturated heterocycles. The Morgan fingerprint density at radius 1 is 1.32 bits per heavy atom. The number of nitriles is 1. The third-order valence-corrected chi connectivity index (χ3v) is 3.15. The number of anilines is 3. The quantitative estimate of drug-likeness (QED) is 0.815. The molecule has 0 fully saturated rings. The molecule has 0 aliphatic carbocycles. The molecule has 0 aliphatic heterocycles. The Labute approximate surface area is 125 Å². The summed E-state index contributed by atoms with van der Waals surface area (Å²) in [4.78, 5) is 8.62. The number of rotatable bonds is 4. The molecule has 6 heteroatoms. The lowest BCUT2D eigenvalue weighted by atomic mass is 10.2. The molecule has 1 aromatic heterocycles. The largest absolute Gasteiger partial charge is 0.369 e. The zero-order valence-corrected chi connectivity index (χ0v) is 12.5. The van der Waals surface area contributed by atoms with E-state index in [9.17, 15) is 0 Å². The molecule has 0 amide bonds. The average Bonchev–Trinajstić information content (AvgIpc) is 2.44. The smallest absolute Gasteiger partial charge is 0.229 e. The topological polar surface area (TPSA) is 73.6 Å². The third-order valence-electron chi connectivity index (χ3n) is 2.36. The Morgan fingerprint density at radius 2 is 2.05 bits per heavy atom. The van der Waals surface area contributed by atoms with Crippen LogP contribution in [-0.4, -0.2) is 16.5 Å². The lowest BCUT2D eigenvalue weighted by Crippen LogP contribution is -2.05. The minimum absolute atomic E-state index is 0.529. The van der Waals surface area contributed by atoms with Gasteiger partial charge in [0, 0.05) is 18.4 Å². The molecular formula is C13H12IN5. The number of aromatic nitrogens is 2. The first-order valence-electron chi connectivity index (χ1n) is 5.76. The van der Waals surface area contributed by atoms with E-state index < -0.39 is 0 Å². The van der Waals surface area contributed by atoms with E-state index in [0.29, 0.717) is 11.5 Å². The van der Waals surface area contributed by atoms with Crippen molar-refractivity contribution in [2.24, 2.45) is 0 Å². The van der Waals surface area contributed by atoms with Gasteiger partial charge in [0.25, 0.3) is 0 Å². The van der Waals surface area contributed by atoms with E-state index in [-0.39, 0.29) is 0 Å². The van der Waals surface area contributed by atoms with Gasteiger partial charge in [-0.2, -0.15) is 10.2 Å². The van der Waals surface area contributed by atoms with Crippen LogP contribution in [0.5, 0.6) is 0 Å². The van der Waals surface area contributed by atoms with Crippen molar-refractivity contribution >= 4 is 40.0 Å². The van der Waals surface area contributed by atoms with E-state index in [1.807, 2.05) is 19.1 Å². The second kappa shape index (κ2) is 6.33. The summed E-state index contributed by atoms with van der Waals surface area (Å²) >= 11 is 2.19. The Morgan fingerprint density at radius 3 is 2.68 bits per heavy atom. The van der Waals surface area contributed by atoms with Crippen LogP contribution in [0.2, 0.25) is 0 Å². The maximum Gasteiger partial charge on any atom is 0.229 e. The van der Waals surface area contributed by atoms with Gasteiger partial charge in [0.05, 0.1) is 15.2 Å². The molecule has 0 atom stereocenters. The summed E-state index contributed by atoms with van der Waals surface area (Å²) in [6.45, 7) is 2.83. The highest BCUT2D eigenvalue weighted by Gasteiger charge is 2.04. The minimum atomic E-state index is 0.529. The van der Waals surface area contributed by atoms with E-state index in [1.165, 1.54) is 0 Å². The van der Waals surface area contributed by atoms with Crippen molar-refractivity contribution in [3.8, 4) is 6.07 Å². The lowest BCUT2D eigenvalue weighted by molar-refractivity contribution is 1.10. The lowest BCUT2D eigenvalue weighted by Gasteiger charge is -2.08. The highest BCUT2D eigenvalue weighted by molar-refractivity contribution is 14.1. The fraction of sp³-hybridized carbons (Fsp3) is 0.154. The van der Waals surface area contributed by atoms with Crippen LogP contribution in [0.1, 0.15) is 12.5 Å². The molecule has 0 bridgehead atoms. The summed E-state index contributed by atoms with van der Waals surface area (Å²) in [5, 5.41) is 15.0. The molecule has 0 spiro atoms. The molecule has 0 radical (unpaired) electrons. The Bertz CT molecular complexity index is 603. The second-order valence-corrected chi connectivity index (χ2v) is 4.90. The van der Waals surface area contributed by atoms with E-state index in [0.717, 1.165) is 21.6 Å². The molecule has 5 nitrogen and oxygen atoms in total. The van der Waals surface area contributed by atoms with Crippen LogP contribution in [0.3, 0.4) is 0 Å². The van der Waals surface area contributed by atoms with Crippen LogP contribution in [0.25, 0.3) is 0 Å². The van der Waals surface area contributed by atoms with Crippen molar-refractivity contribution in [2.45, 2.75) is 6.92 Å². The van der Waals surface area contributed by atoms with E-state index >= 15 is 0 Å². The first-order valence-corrected chi connectivity index (χ1v) is 6.84. The third kappa shape index (κ3) is 3.54. The van der Waals surface area contributed by atoms with Gasteiger partial charge < -0.3 is 10.6 Å². The SMILES string of the molecule is CCNc1nc(Nc2ccc(C#N)cc2)ncc1I. The van der Waals surface area contributed by atoms with Crippen LogP contribution in [-0.2, 0) is 0 Å². The van der Waals surface area contributed by atoms with Crippen molar-refractivity contribution in [3.63, 3.8) is 0 Å². The number of hydrogen-bond donors (Lipinski definition) is 2. The summed E-state index contributed by atoms with van der Waals surface area (Å²) < 4.78 is 0.977. The highest BCUT2D eigenvalue weighted by Crippen LogP contribution is 2.19. The molecule has 1 heterocycles. The van der Waals surface area contributed by atoms with E-state index in [4.69, 9.17) is 5.26 Å². The Kier molecular flexibility index (Phi) is 4.52. The van der Waals surface area contributed by atoms with Crippen molar-refractivity contribution in [1.82, 2.24) is 9.97 Å². The van der Waals surface area contributed by atoms with Crippen molar-refractivity contribution in [1.29, 1.82) is 5.26 Å². The van der Waals surface area contributed by atoms with Crippen LogP contribution >= 0.6 is 22.6 Å². The monoisotopic (exact) mass is 365 g/mol. The summed E-state index contributed by atoms with van der Waals surface area (Å²) in [6, 6.07) is 9.23. The van der Waals surface area contributed by atoms with Gasteiger partial charge in [0.15, 0.2) is 0 Å². The van der Waals surface area contributed by atoms with Crippen LogP contribution in [0.15, 0.2) is 30.5 Å². The number of nitrogens with one attached hydrogen (secondary N) is 2. The molecule has 19 heavy (non-hydrogen) atoms. The molecule has 2 rings (SSSR count). The Balaban J connectivity index is 2.18. The fourth-order valence-corrected chi connectivity index (χ4v) is 1.93. The first kappa shape index (κ1) is 13.5. The van der Waals surface area contributed by atoms with Crippen LogP contribution in [0.4, 0.5) is 17.5 Å². The van der Waals surface area contributed by atoms with Gasteiger partial charge in [-0.1, -0.05) is 0 Å². The van der Waals surface area contributed by atoms with Crippen molar-refractivity contribution in [2.75, 3.05) is 17.2 Å². The van der Waals surface area contributed by atoms with Gasteiger partial charge in [0.1, 0.15) is 5.82 Å². The fourth-order valence-electron chi connectivity index (χ4n) is 1.48. The molecular weight excluding hydrogens is 353 g/mol. The molecule has 2 aromatic rings. The summed E-state index contributed by atoms with van der Waals surface area (Å²) in [7, 11) is 0. The molecule has 1 aromatic carbocycles. The van der Waals surface area contributed by atoms with Gasteiger partial charge in [-0.15, -0.1) is 0 Å². The molecule has 0 saturated carbocycles. The van der Waals surface area contributed by atoms with E-state index in [2.05, 4.69) is 49.3 Å². The zero-order valence-electron chi connectivity index (χ0n) is 10.3. The number of nitrogens with zero attached hydrogens (tertiary/aromatic N) is 3. The summed E-state index contributed by atoms with van der Waals surface area (Å²) in [6.07, 6.45) is 1.76. The Hall–Kier alpha value is -1.88. The van der Waals surface area contributed by atoms with Gasteiger partial charge in [-0.25, -0.2) is 4.98 Å². The predicted octanol–water partition coefficient (Wildman–Crippen LogP) is 3.13. The minimum Gasteiger partial charge on any atom is -0.369 e. The maximum absolute atomic E-state index is 8.74. The van der Waals surface area contributed by atoms with E-state index in [1.54, 1.807) is 18.3 Å². The normalized spacial score (nSPS) is 9.74. The van der Waals surface area contributed by atoms with Gasteiger partial charge in [-0.05, 0) is 53.8 Å².